The first-order valence-corrected chi connectivity index (χ1v) is 11.5. The van der Waals surface area contributed by atoms with Crippen LogP contribution < -0.4 is 10.5 Å². The van der Waals surface area contributed by atoms with Gasteiger partial charge in [0.2, 0.25) is 5.91 Å². The van der Waals surface area contributed by atoms with E-state index in [1.807, 2.05) is 18.3 Å². The molecule has 0 radical (unpaired) electrons. The zero-order valence-corrected chi connectivity index (χ0v) is 18.6. The Morgan fingerprint density at radius 3 is 2.94 bits per heavy atom. The van der Waals surface area contributed by atoms with Gasteiger partial charge in [-0.2, -0.15) is 5.10 Å². The van der Waals surface area contributed by atoms with Crippen LogP contribution >= 0.6 is 11.6 Å². The molecule has 31 heavy (non-hydrogen) atoms. The third kappa shape index (κ3) is 5.99. The van der Waals surface area contributed by atoms with Crippen molar-refractivity contribution >= 4 is 17.5 Å². The SMILES string of the molecule is NC(=O)C[C@]1(COc2cccc(Cl)c2)CN(Cc2cnn(C3CCCCC3)c2)CCO1. The minimum absolute atomic E-state index is 0.103. The number of carbonyl (C=O) groups excluding carboxylic acids is 1. The highest BCUT2D eigenvalue weighted by Crippen LogP contribution is 2.29. The predicted octanol–water partition coefficient (Wildman–Crippen LogP) is 3.57. The second-order valence-electron chi connectivity index (χ2n) is 8.75. The van der Waals surface area contributed by atoms with Gasteiger partial charge in [0.25, 0.3) is 0 Å². The summed E-state index contributed by atoms with van der Waals surface area (Å²) in [7, 11) is 0. The molecular weight excluding hydrogens is 416 g/mol. The van der Waals surface area contributed by atoms with Crippen LogP contribution in [-0.4, -0.2) is 52.5 Å². The van der Waals surface area contributed by atoms with Gasteiger partial charge in [0.15, 0.2) is 0 Å². The minimum Gasteiger partial charge on any atom is -0.490 e. The van der Waals surface area contributed by atoms with Crippen LogP contribution in [0.1, 0.15) is 50.1 Å². The second-order valence-corrected chi connectivity index (χ2v) is 9.19. The summed E-state index contributed by atoms with van der Waals surface area (Å²) in [4.78, 5) is 14.1. The Labute approximate surface area is 188 Å². The Balaban J connectivity index is 1.41. The first-order chi connectivity index (χ1) is 15.0. The average molecular weight is 447 g/mol. The summed E-state index contributed by atoms with van der Waals surface area (Å²) < 4.78 is 14.2. The summed E-state index contributed by atoms with van der Waals surface area (Å²) in [6, 6.07) is 7.73. The van der Waals surface area contributed by atoms with Crippen molar-refractivity contribution < 1.29 is 14.3 Å². The molecule has 1 saturated heterocycles. The van der Waals surface area contributed by atoms with E-state index < -0.39 is 11.5 Å². The standard InChI is InChI=1S/C23H31ClN4O3/c24-19-5-4-8-21(11-19)30-17-23(12-22(25)29)16-27(9-10-31-23)14-18-13-26-28(15-18)20-6-2-1-3-7-20/h4-5,8,11,13,15,20H,1-3,6-7,9-10,12,14,16-17H2,(H2,25,29)/t23-/m1/s1. The molecule has 1 atom stereocenters. The molecule has 2 N–H and O–H groups in total. The van der Waals surface area contributed by atoms with Crippen LogP contribution in [0, 0.1) is 0 Å². The summed E-state index contributed by atoms with van der Waals surface area (Å²) in [6.07, 6.45) is 10.6. The summed E-state index contributed by atoms with van der Waals surface area (Å²) in [6.45, 7) is 2.85. The van der Waals surface area contributed by atoms with Crippen LogP contribution in [0.3, 0.4) is 0 Å². The van der Waals surface area contributed by atoms with Crippen LogP contribution in [-0.2, 0) is 16.1 Å². The molecular formula is C23H31ClN4O3. The van der Waals surface area contributed by atoms with Crippen molar-refractivity contribution in [2.45, 2.75) is 56.7 Å². The van der Waals surface area contributed by atoms with Crippen LogP contribution in [0.4, 0.5) is 0 Å². The van der Waals surface area contributed by atoms with Gasteiger partial charge in [-0.05, 0) is 31.0 Å². The Bertz CT molecular complexity index is 883. The molecule has 1 saturated carbocycles. The predicted molar refractivity (Wildman–Crippen MR) is 119 cm³/mol. The summed E-state index contributed by atoms with van der Waals surface area (Å²) >= 11 is 6.06. The number of halogens is 1. The van der Waals surface area contributed by atoms with Crippen molar-refractivity contribution in [3.05, 3.63) is 47.2 Å². The Kier molecular flexibility index (Phi) is 7.15. The van der Waals surface area contributed by atoms with Gasteiger partial charge in [-0.25, -0.2) is 0 Å². The normalized spacial score (nSPS) is 23.0. The molecule has 0 bridgehead atoms. The van der Waals surface area contributed by atoms with E-state index in [-0.39, 0.29) is 13.0 Å². The molecule has 0 spiro atoms. The molecule has 4 rings (SSSR count). The lowest BCUT2D eigenvalue weighted by molar-refractivity contribution is -0.148. The monoisotopic (exact) mass is 446 g/mol. The Morgan fingerprint density at radius 1 is 1.32 bits per heavy atom. The maximum absolute atomic E-state index is 11.8. The van der Waals surface area contributed by atoms with E-state index in [1.54, 1.807) is 12.1 Å². The third-order valence-electron chi connectivity index (χ3n) is 6.13. The molecule has 2 heterocycles. The number of hydrogen-bond donors (Lipinski definition) is 1. The number of nitrogens with zero attached hydrogens (tertiary/aromatic N) is 3. The van der Waals surface area contributed by atoms with Gasteiger partial charge < -0.3 is 15.2 Å². The van der Waals surface area contributed by atoms with Crippen molar-refractivity contribution in [2.75, 3.05) is 26.3 Å². The maximum Gasteiger partial charge on any atom is 0.220 e. The minimum atomic E-state index is -0.786. The van der Waals surface area contributed by atoms with Crippen molar-refractivity contribution in [2.24, 2.45) is 5.73 Å². The van der Waals surface area contributed by atoms with Gasteiger partial charge in [0.1, 0.15) is 18.0 Å². The number of nitrogens with two attached hydrogens (primary N) is 1. The molecule has 0 unspecified atom stereocenters. The van der Waals surface area contributed by atoms with Gasteiger partial charge in [0, 0.05) is 36.4 Å². The van der Waals surface area contributed by atoms with Gasteiger partial charge in [-0.3, -0.25) is 14.4 Å². The van der Waals surface area contributed by atoms with Crippen molar-refractivity contribution in [3.63, 3.8) is 0 Å². The highest BCUT2D eigenvalue weighted by Gasteiger charge is 2.39. The molecule has 7 nitrogen and oxygen atoms in total. The summed E-state index contributed by atoms with van der Waals surface area (Å²) in [5, 5.41) is 5.22. The van der Waals surface area contributed by atoms with Crippen LogP contribution in [0.2, 0.25) is 5.02 Å². The molecule has 1 aromatic carbocycles. The lowest BCUT2D eigenvalue weighted by Gasteiger charge is -2.41. The molecule has 168 valence electrons. The van der Waals surface area contributed by atoms with Crippen molar-refractivity contribution in [1.82, 2.24) is 14.7 Å². The fraction of sp³-hybridized carbons (Fsp3) is 0.565. The van der Waals surface area contributed by atoms with Crippen molar-refractivity contribution in [3.8, 4) is 5.75 Å². The van der Waals surface area contributed by atoms with Crippen molar-refractivity contribution in [1.29, 1.82) is 0 Å². The number of carbonyl (C=O) groups is 1. The number of ether oxygens (including phenoxy) is 2. The molecule has 1 aliphatic heterocycles. The summed E-state index contributed by atoms with van der Waals surface area (Å²) in [5.74, 6) is 0.243. The van der Waals surface area contributed by atoms with E-state index in [4.69, 9.17) is 26.8 Å². The number of rotatable bonds is 8. The average Bonchev–Trinajstić information content (AvgIpc) is 3.21. The molecule has 8 heteroatoms. The molecule has 2 aliphatic rings. The first-order valence-electron chi connectivity index (χ1n) is 11.1. The molecule has 1 amide bonds. The molecule has 1 aliphatic carbocycles. The quantitative estimate of drug-likeness (QED) is 0.670. The number of benzene rings is 1. The highest BCUT2D eigenvalue weighted by atomic mass is 35.5. The number of amides is 1. The van der Waals surface area contributed by atoms with E-state index in [2.05, 4.69) is 20.9 Å². The van der Waals surface area contributed by atoms with Gasteiger partial charge >= 0.3 is 0 Å². The molecule has 2 fully saturated rings. The van der Waals surface area contributed by atoms with E-state index >= 15 is 0 Å². The van der Waals surface area contributed by atoms with Crippen LogP contribution in [0.25, 0.3) is 0 Å². The van der Waals surface area contributed by atoms with E-state index in [9.17, 15) is 4.79 Å². The largest absolute Gasteiger partial charge is 0.490 e. The smallest absolute Gasteiger partial charge is 0.220 e. The topological polar surface area (TPSA) is 82.6 Å². The maximum atomic E-state index is 11.8. The number of morpholine rings is 1. The fourth-order valence-electron chi connectivity index (χ4n) is 4.66. The van der Waals surface area contributed by atoms with E-state index in [0.29, 0.717) is 30.0 Å². The number of primary amides is 1. The zero-order valence-electron chi connectivity index (χ0n) is 17.8. The molecule has 1 aromatic heterocycles. The van der Waals surface area contributed by atoms with E-state index in [0.717, 1.165) is 13.1 Å². The van der Waals surface area contributed by atoms with Gasteiger partial charge in [0.05, 0.1) is 25.3 Å². The van der Waals surface area contributed by atoms with Crippen LogP contribution in [0.5, 0.6) is 5.75 Å². The van der Waals surface area contributed by atoms with Crippen LogP contribution in [0.15, 0.2) is 36.7 Å². The first kappa shape index (κ1) is 22.1. The number of aromatic nitrogens is 2. The summed E-state index contributed by atoms with van der Waals surface area (Å²) in [5.41, 5.74) is 5.95. The Hall–Kier alpha value is -2.09. The van der Waals surface area contributed by atoms with Gasteiger partial charge in [-0.1, -0.05) is 36.9 Å². The lowest BCUT2D eigenvalue weighted by atomic mass is 9.96. The zero-order chi connectivity index (χ0) is 21.7. The highest BCUT2D eigenvalue weighted by molar-refractivity contribution is 6.30. The third-order valence-corrected chi connectivity index (χ3v) is 6.37. The van der Waals surface area contributed by atoms with E-state index in [1.165, 1.54) is 37.7 Å². The van der Waals surface area contributed by atoms with Gasteiger partial charge in [-0.15, -0.1) is 0 Å². The lowest BCUT2D eigenvalue weighted by Crippen LogP contribution is -2.56. The Morgan fingerprint density at radius 2 is 2.16 bits per heavy atom. The number of hydrogen-bond acceptors (Lipinski definition) is 5. The second kappa shape index (κ2) is 10.0. The fourth-order valence-corrected chi connectivity index (χ4v) is 4.84. The molecule has 2 aromatic rings.